The van der Waals surface area contributed by atoms with Crippen LogP contribution in [0.25, 0.3) is 0 Å². The zero-order valence-corrected chi connectivity index (χ0v) is 15.9. The van der Waals surface area contributed by atoms with Gasteiger partial charge in [0.2, 0.25) is 0 Å². The summed E-state index contributed by atoms with van der Waals surface area (Å²) >= 11 is 6.09. The molecule has 0 aliphatic rings. The number of hydrogen-bond acceptors (Lipinski definition) is 6. The molecule has 1 amide bonds. The molecule has 0 atom stereocenters. The van der Waals surface area contributed by atoms with E-state index >= 15 is 0 Å². The Bertz CT molecular complexity index is 1020. The van der Waals surface area contributed by atoms with Crippen LogP contribution < -0.4 is 10.6 Å². The third-order valence-corrected chi connectivity index (χ3v) is 4.15. The van der Waals surface area contributed by atoms with Crippen molar-refractivity contribution in [2.24, 2.45) is 0 Å². The predicted molar refractivity (Wildman–Crippen MR) is 107 cm³/mol. The summed E-state index contributed by atoms with van der Waals surface area (Å²) in [6, 6.07) is 15.4. The van der Waals surface area contributed by atoms with Crippen LogP contribution in [0.3, 0.4) is 0 Å². The fourth-order valence-electron chi connectivity index (χ4n) is 2.44. The minimum absolute atomic E-state index is 0.106. The van der Waals surface area contributed by atoms with E-state index in [2.05, 4.69) is 25.6 Å². The number of nitrogens with one attached hydrogen (secondary N) is 2. The van der Waals surface area contributed by atoms with E-state index in [-0.39, 0.29) is 22.0 Å². The third-order valence-electron chi connectivity index (χ3n) is 3.82. The molecule has 0 aliphatic heterocycles. The van der Waals surface area contributed by atoms with Crippen molar-refractivity contribution in [2.45, 2.75) is 6.92 Å². The van der Waals surface area contributed by atoms with E-state index in [0.29, 0.717) is 5.82 Å². The van der Waals surface area contributed by atoms with Crippen molar-refractivity contribution >= 4 is 40.7 Å². The van der Waals surface area contributed by atoms with E-state index in [1.54, 1.807) is 12.1 Å². The van der Waals surface area contributed by atoms with Crippen molar-refractivity contribution in [3.8, 4) is 0 Å². The molecule has 28 heavy (non-hydrogen) atoms. The van der Waals surface area contributed by atoms with Crippen LogP contribution >= 0.6 is 11.6 Å². The Morgan fingerprint density at radius 1 is 1.04 bits per heavy atom. The first kappa shape index (κ1) is 19.3. The van der Waals surface area contributed by atoms with Gasteiger partial charge in [-0.1, -0.05) is 23.7 Å². The minimum atomic E-state index is -0.529. The molecule has 142 valence electrons. The molecule has 1 aromatic heterocycles. The lowest BCUT2D eigenvalue weighted by atomic mass is 10.2. The summed E-state index contributed by atoms with van der Waals surface area (Å²) in [6.07, 6.45) is 0. The number of halogens is 1. The second-order valence-electron chi connectivity index (χ2n) is 5.94. The van der Waals surface area contributed by atoms with E-state index in [1.807, 2.05) is 31.2 Å². The average molecular weight is 397 g/mol. The number of methoxy groups -OCH3 is 1. The van der Waals surface area contributed by atoms with Gasteiger partial charge in [-0.05, 0) is 55.0 Å². The van der Waals surface area contributed by atoms with E-state index in [4.69, 9.17) is 11.6 Å². The largest absolute Gasteiger partial charge is 0.465 e. The average Bonchev–Trinajstić information content (AvgIpc) is 2.69. The first-order valence-electron chi connectivity index (χ1n) is 8.33. The standard InChI is InChI=1S/C20H17ClN4O3/c1-12-4-3-5-14(10-12)22-18-9-8-16(24-25-18)19(26)23-17-11-13(20(27)28-2)6-7-15(17)21/h3-11H,1-2H3,(H,22,25)(H,23,26). The summed E-state index contributed by atoms with van der Waals surface area (Å²) < 4.78 is 4.67. The van der Waals surface area contributed by atoms with Crippen molar-refractivity contribution in [2.75, 3.05) is 17.7 Å². The Hall–Kier alpha value is -3.45. The fourth-order valence-corrected chi connectivity index (χ4v) is 2.61. The van der Waals surface area contributed by atoms with E-state index in [9.17, 15) is 9.59 Å². The van der Waals surface area contributed by atoms with Gasteiger partial charge in [-0.15, -0.1) is 10.2 Å². The summed E-state index contributed by atoms with van der Waals surface area (Å²) in [6.45, 7) is 1.99. The maximum atomic E-state index is 12.4. The molecule has 0 radical (unpaired) electrons. The number of esters is 1. The summed E-state index contributed by atoms with van der Waals surface area (Å²) in [5, 5.41) is 14.0. The molecule has 0 bridgehead atoms. The summed E-state index contributed by atoms with van der Waals surface area (Å²) in [4.78, 5) is 24.1. The highest BCUT2D eigenvalue weighted by atomic mass is 35.5. The molecule has 2 aromatic carbocycles. The number of hydrogen-bond donors (Lipinski definition) is 2. The Morgan fingerprint density at radius 3 is 2.54 bits per heavy atom. The summed E-state index contributed by atoms with van der Waals surface area (Å²) in [5.74, 6) is -0.523. The number of carbonyl (C=O) groups is 2. The van der Waals surface area contributed by atoms with Gasteiger partial charge < -0.3 is 15.4 Å². The smallest absolute Gasteiger partial charge is 0.337 e. The van der Waals surface area contributed by atoms with Gasteiger partial charge in [0.05, 0.1) is 23.4 Å². The van der Waals surface area contributed by atoms with Crippen molar-refractivity contribution < 1.29 is 14.3 Å². The van der Waals surface area contributed by atoms with Crippen LogP contribution in [-0.4, -0.2) is 29.2 Å². The number of aromatic nitrogens is 2. The Labute approximate surface area is 166 Å². The van der Waals surface area contributed by atoms with Crippen molar-refractivity contribution in [1.29, 1.82) is 0 Å². The van der Waals surface area contributed by atoms with Crippen LogP contribution in [0.2, 0.25) is 5.02 Å². The fraction of sp³-hybridized carbons (Fsp3) is 0.100. The van der Waals surface area contributed by atoms with Gasteiger partial charge in [-0.3, -0.25) is 4.79 Å². The minimum Gasteiger partial charge on any atom is -0.465 e. The highest BCUT2D eigenvalue weighted by molar-refractivity contribution is 6.34. The van der Waals surface area contributed by atoms with Gasteiger partial charge in [0, 0.05) is 5.69 Å². The molecule has 0 saturated carbocycles. The van der Waals surface area contributed by atoms with E-state index in [0.717, 1.165) is 11.3 Å². The zero-order chi connectivity index (χ0) is 20.1. The predicted octanol–water partition coefficient (Wildman–Crippen LogP) is 4.22. The normalized spacial score (nSPS) is 10.2. The Morgan fingerprint density at radius 2 is 1.86 bits per heavy atom. The van der Waals surface area contributed by atoms with Gasteiger partial charge in [-0.25, -0.2) is 4.79 Å². The molecule has 0 unspecified atom stereocenters. The number of benzene rings is 2. The van der Waals surface area contributed by atoms with E-state index in [1.165, 1.54) is 25.3 Å². The van der Waals surface area contributed by atoms with Crippen LogP contribution in [0.4, 0.5) is 17.2 Å². The number of amides is 1. The van der Waals surface area contributed by atoms with Crippen LogP contribution in [0, 0.1) is 6.92 Å². The zero-order valence-electron chi connectivity index (χ0n) is 15.2. The van der Waals surface area contributed by atoms with Gasteiger partial charge in [0.1, 0.15) is 0 Å². The quantitative estimate of drug-likeness (QED) is 0.627. The molecule has 0 saturated heterocycles. The van der Waals surface area contributed by atoms with Crippen LogP contribution in [0.5, 0.6) is 0 Å². The molecule has 8 heteroatoms. The molecule has 0 fully saturated rings. The van der Waals surface area contributed by atoms with Crippen LogP contribution in [0.1, 0.15) is 26.4 Å². The number of nitrogens with zero attached hydrogens (tertiary/aromatic N) is 2. The number of ether oxygens (including phenoxy) is 1. The number of carbonyl (C=O) groups excluding carboxylic acids is 2. The summed E-state index contributed by atoms with van der Waals surface area (Å²) in [7, 11) is 1.27. The van der Waals surface area contributed by atoms with Gasteiger partial charge in [0.15, 0.2) is 11.5 Å². The van der Waals surface area contributed by atoms with Crippen molar-refractivity contribution in [1.82, 2.24) is 10.2 Å². The lowest BCUT2D eigenvalue weighted by Gasteiger charge is -2.09. The third kappa shape index (κ3) is 4.63. The highest BCUT2D eigenvalue weighted by Crippen LogP contribution is 2.24. The number of anilines is 3. The SMILES string of the molecule is COC(=O)c1ccc(Cl)c(NC(=O)c2ccc(Nc3cccc(C)c3)nn2)c1. The molecule has 7 nitrogen and oxygen atoms in total. The van der Waals surface area contributed by atoms with Gasteiger partial charge in [-0.2, -0.15) is 0 Å². The molecule has 2 N–H and O–H groups in total. The first-order chi connectivity index (χ1) is 13.5. The molecular weight excluding hydrogens is 380 g/mol. The molecule has 3 aromatic rings. The van der Waals surface area contributed by atoms with Gasteiger partial charge >= 0.3 is 5.97 Å². The Balaban J connectivity index is 1.72. The number of rotatable bonds is 5. The molecular formula is C20H17ClN4O3. The maximum Gasteiger partial charge on any atom is 0.337 e. The second kappa shape index (κ2) is 8.49. The van der Waals surface area contributed by atoms with E-state index < -0.39 is 11.9 Å². The van der Waals surface area contributed by atoms with Crippen molar-refractivity contribution in [3.05, 3.63) is 76.4 Å². The molecule has 3 rings (SSSR count). The van der Waals surface area contributed by atoms with Crippen LogP contribution in [-0.2, 0) is 4.74 Å². The highest BCUT2D eigenvalue weighted by Gasteiger charge is 2.14. The second-order valence-corrected chi connectivity index (χ2v) is 6.35. The molecule has 0 spiro atoms. The Kier molecular flexibility index (Phi) is 5.86. The lowest BCUT2D eigenvalue weighted by Crippen LogP contribution is -2.15. The molecule has 0 aliphatic carbocycles. The van der Waals surface area contributed by atoms with Crippen LogP contribution in [0.15, 0.2) is 54.6 Å². The topological polar surface area (TPSA) is 93.2 Å². The van der Waals surface area contributed by atoms with Crippen molar-refractivity contribution in [3.63, 3.8) is 0 Å². The lowest BCUT2D eigenvalue weighted by molar-refractivity contribution is 0.0600. The monoisotopic (exact) mass is 396 g/mol. The first-order valence-corrected chi connectivity index (χ1v) is 8.70. The number of aryl methyl sites for hydroxylation is 1. The molecule has 1 heterocycles. The van der Waals surface area contributed by atoms with Gasteiger partial charge in [0.25, 0.3) is 5.91 Å². The maximum absolute atomic E-state index is 12.4. The summed E-state index contributed by atoms with van der Waals surface area (Å²) in [5.41, 5.74) is 2.64.